The van der Waals surface area contributed by atoms with Gasteiger partial charge in [-0.3, -0.25) is 4.79 Å². The predicted molar refractivity (Wildman–Crippen MR) is 53.0 cm³/mol. The normalized spacial score (nSPS) is 10.2. The van der Waals surface area contributed by atoms with Gasteiger partial charge in [-0.05, 0) is 24.6 Å². The Bertz CT molecular complexity index is 290. The number of amides is 1. The van der Waals surface area contributed by atoms with Crippen LogP contribution in [0.5, 0.6) is 0 Å². The fourth-order valence-corrected chi connectivity index (χ4v) is 0.910. The Morgan fingerprint density at radius 1 is 1.62 bits per heavy atom. The highest BCUT2D eigenvalue weighted by molar-refractivity contribution is 5.91. The molecule has 0 aliphatic heterocycles. The highest BCUT2D eigenvalue weighted by atomic mass is 16.1. The third kappa shape index (κ3) is 3.56. The van der Waals surface area contributed by atoms with Gasteiger partial charge in [0.05, 0.1) is 0 Å². The number of likely N-dealkylation sites (N-methyl/N-ethyl adjacent to an activating group) is 1. The summed E-state index contributed by atoms with van der Waals surface area (Å²) in [4.78, 5) is 11.0. The zero-order valence-corrected chi connectivity index (χ0v) is 7.58. The molecule has 0 fully saturated rings. The summed E-state index contributed by atoms with van der Waals surface area (Å²) in [6, 6.07) is 10.5. The van der Waals surface area contributed by atoms with Crippen LogP contribution in [0, 0.1) is 6.07 Å². The number of nitrogens with one attached hydrogen (secondary N) is 1. The van der Waals surface area contributed by atoms with Crippen LogP contribution in [0.1, 0.15) is 12.5 Å². The lowest BCUT2D eigenvalue weighted by Crippen LogP contribution is -2.19. The average Bonchev–Trinajstić information content (AvgIpc) is 2.17. The van der Waals surface area contributed by atoms with Crippen molar-refractivity contribution in [3.8, 4) is 0 Å². The fourth-order valence-electron chi connectivity index (χ4n) is 0.910. The number of benzene rings is 1. The van der Waals surface area contributed by atoms with Crippen LogP contribution in [-0.2, 0) is 4.79 Å². The van der Waals surface area contributed by atoms with Crippen LogP contribution >= 0.6 is 0 Å². The maximum Gasteiger partial charge on any atom is 0.243 e. The molecule has 0 aliphatic rings. The van der Waals surface area contributed by atoms with Crippen molar-refractivity contribution in [2.24, 2.45) is 0 Å². The molecule has 0 aliphatic carbocycles. The van der Waals surface area contributed by atoms with Gasteiger partial charge >= 0.3 is 0 Å². The van der Waals surface area contributed by atoms with Crippen molar-refractivity contribution in [2.45, 2.75) is 6.92 Å². The van der Waals surface area contributed by atoms with E-state index in [0.29, 0.717) is 6.54 Å². The summed E-state index contributed by atoms with van der Waals surface area (Å²) in [7, 11) is 0. The summed E-state index contributed by atoms with van der Waals surface area (Å²) in [5, 5.41) is 2.68. The van der Waals surface area contributed by atoms with Gasteiger partial charge in [0, 0.05) is 12.6 Å². The van der Waals surface area contributed by atoms with E-state index in [4.69, 9.17) is 0 Å². The lowest BCUT2D eigenvalue weighted by Gasteiger charge is -1.94. The van der Waals surface area contributed by atoms with Crippen LogP contribution in [0.25, 0.3) is 6.08 Å². The van der Waals surface area contributed by atoms with E-state index >= 15 is 0 Å². The molecular formula is C11H12NO. The maximum atomic E-state index is 11.0. The first-order valence-corrected chi connectivity index (χ1v) is 4.25. The topological polar surface area (TPSA) is 29.1 Å². The molecule has 1 amide bonds. The second kappa shape index (κ2) is 5.14. The van der Waals surface area contributed by atoms with Crippen LogP contribution in [0.15, 0.2) is 30.3 Å². The molecule has 2 nitrogen and oxygen atoms in total. The summed E-state index contributed by atoms with van der Waals surface area (Å²) >= 11 is 0. The molecule has 1 aromatic carbocycles. The van der Waals surface area contributed by atoms with Crippen molar-refractivity contribution in [1.29, 1.82) is 0 Å². The predicted octanol–water partition coefficient (Wildman–Crippen LogP) is 1.64. The summed E-state index contributed by atoms with van der Waals surface area (Å²) in [6.07, 6.45) is 3.25. The van der Waals surface area contributed by atoms with Crippen LogP contribution in [0.2, 0.25) is 0 Å². The standard InChI is InChI=1S/C11H12NO/c1-2-12-11(13)9-8-10-6-4-3-5-7-10/h3-6,8-9H,2H2,1H3,(H,12,13)/b9-8+. The van der Waals surface area contributed by atoms with Gasteiger partial charge in [0.25, 0.3) is 0 Å². The zero-order valence-electron chi connectivity index (χ0n) is 7.58. The summed E-state index contributed by atoms with van der Waals surface area (Å²) in [6.45, 7) is 2.54. The summed E-state index contributed by atoms with van der Waals surface area (Å²) in [5.41, 5.74) is 0.911. The average molecular weight is 174 g/mol. The Morgan fingerprint density at radius 3 is 3.08 bits per heavy atom. The van der Waals surface area contributed by atoms with E-state index in [0.717, 1.165) is 5.56 Å². The summed E-state index contributed by atoms with van der Waals surface area (Å²) in [5.74, 6) is -0.0697. The molecule has 0 aromatic heterocycles. The molecule has 0 spiro atoms. The van der Waals surface area contributed by atoms with E-state index < -0.39 is 0 Å². The molecule has 2 heteroatoms. The lowest BCUT2D eigenvalue weighted by atomic mass is 10.2. The lowest BCUT2D eigenvalue weighted by molar-refractivity contribution is -0.116. The summed E-state index contributed by atoms with van der Waals surface area (Å²) < 4.78 is 0. The molecule has 0 unspecified atom stereocenters. The largest absolute Gasteiger partial charge is 0.353 e. The van der Waals surface area contributed by atoms with E-state index in [-0.39, 0.29) is 5.91 Å². The molecule has 1 N–H and O–H groups in total. The number of carbonyl (C=O) groups excluding carboxylic acids is 1. The van der Waals surface area contributed by atoms with Crippen LogP contribution in [0.3, 0.4) is 0 Å². The highest BCUT2D eigenvalue weighted by Crippen LogP contribution is 1.99. The molecular weight excluding hydrogens is 162 g/mol. The first-order valence-electron chi connectivity index (χ1n) is 4.25. The van der Waals surface area contributed by atoms with Crippen molar-refractivity contribution in [2.75, 3.05) is 6.54 Å². The Morgan fingerprint density at radius 2 is 2.46 bits per heavy atom. The van der Waals surface area contributed by atoms with Crippen LogP contribution < -0.4 is 5.32 Å². The second-order valence-electron chi connectivity index (χ2n) is 2.55. The molecule has 13 heavy (non-hydrogen) atoms. The van der Waals surface area contributed by atoms with Gasteiger partial charge in [-0.1, -0.05) is 24.3 Å². The molecule has 0 bridgehead atoms. The Labute approximate surface area is 78.3 Å². The van der Waals surface area contributed by atoms with Crippen molar-refractivity contribution in [3.63, 3.8) is 0 Å². The minimum Gasteiger partial charge on any atom is -0.353 e. The number of hydrogen-bond acceptors (Lipinski definition) is 1. The van der Waals surface area contributed by atoms with Crippen molar-refractivity contribution in [1.82, 2.24) is 5.32 Å². The van der Waals surface area contributed by atoms with Crippen LogP contribution in [0.4, 0.5) is 0 Å². The monoisotopic (exact) mass is 174 g/mol. The molecule has 1 radical (unpaired) electrons. The maximum absolute atomic E-state index is 11.0. The third-order valence-corrected chi connectivity index (χ3v) is 1.50. The molecule has 0 saturated heterocycles. The minimum absolute atomic E-state index is 0.0697. The number of carbonyl (C=O) groups is 1. The number of rotatable bonds is 3. The van der Waals surface area contributed by atoms with Gasteiger partial charge in [-0.15, -0.1) is 0 Å². The van der Waals surface area contributed by atoms with Crippen molar-refractivity contribution < 1.29 is 4.79 Å². The van der Waals surface area contributed by atoms with E-state index in [1.54, 1.807) is 6.08 Å². The van der Waals surface area contributed by atoms with Gasteiger partial charge in [-0.2, -0.15) is 0 Å². The smallest absolute Gasteiger partial charge is 0.243 e. The second-order valence-corrected chi connectivity index (χ2v) is 2.55. The Hall–Kier alpha value is -1.57. The highest BCUT2D eigenvalue weighted by Gasteiger charge is 1.90. The van der Waals surface area contributed by atoms with E-state index in [1.807, 2.05) is 31.2 Å². The van der Waals surface area contributed by atoms with Crippen LogP contribution in [-0.4, -0.2) is 12.5 Å². The van der Waals surface area contributed by atoms with E-state index in [9.17, 15) is 4.79 Å². The third-order valence-electron chi connectivity index (χ3n) is 1.50. The molecule has 0 atom stereocenters. The molecule has 0 heterocycles. The van der Waals surface area contributed by atoms with Gasteiger partial charge in [0.2, 0.25) is 5.91 Å². The van der Waals surface area contributed by atoms with E-state index in [1.165, 1.54) is 6.08 Å². The molecule has 0 saturated carbocycles. The Balaban J connectivity index is 2.54. The van der Waals surface area contributed by atoms with Gasteiger partial charge < -0.3 is 5.32 Å². The SMILES string of the molecule is CCNC(=O)/C=C/c1[c]cccc1. The van der Waals surface area contributed by atoms with Gasteiger partial charge in [0.1, 0.15) is 0 Å². The fraction of sp³-hybridized carbons (Fsp3) is 0.182. The quantitative estimate of drug-likeness (QED) is 0.693. The van der Waals surface area contributed by atoms with Crippen molar-refractivity contribution >= 4 is 12.0 Å². The minimum atomic E-state index is -0.0697. The first-order chi connectivity index (χ1) is 6.33. The first kappa shape index (κ1) is 9.52. The van der Waals surface area contributed by atoms with Gasteiger partial charge in [0.15, 0.2) is 0 Å². The molecule has 1 aromatic rings. The van der Waals surface area contributed by atoms with Gasteiger partial charge in [-0.25, -0.2) is 0 Å². The number of hydrogen-bond donors (Lipinski definition) is 1. The van der Waals surface area contributed by atoms with Crippen molar-refractivity contribution in [3.05, 3.63) is 42.0 Å². The molecule has 67 valence electrons. The zero-order chi connectivity index (χ0) is 9.52. The Kier molecular flexibility index (Phi) is 3.76. The molecule has 1 rings (SSSR count). The van der Waals surface area contributed by atoms with E-state index in [2.05, 4.69) is 11.4 Å².